The van der Waals surface area contributed by atoms with Crippen LogP contribution in [-0.4, -0.2) is 25.0 Å². The van der Waals surface area contributed by atoms with Gasteiger partial charge in [-0.2, -0.15) is 0 Å². The number of nitrogens with one attached hydrogen (secondary N) is 2. The van der Waals surface area contributed by atoms with Gasteiger partial charge >= 0.3 is 0 Å². The molecule has 0 radical (unpaired) electrons. The Bertz CT molecular complexity index is 214. The first-order chi connectivity index (χ1) is 6.95. The molecule has 0 aromatic heterocycles. The van der Waals surface area contributed by atoms with Gasteiger partial charge in [0.05, 0.1) is 5.92 Å². The van der Waals surface area contributed by atoms with Crippen molar-refractivity contribution in [3.63, 3.8) is 0 Å². The summed E-state index contributed by atoms with van der Waals surface area (Å²) in [6.45, 7) is 10.5. The monoisotopic (exact) mass is 212 g/mol. The Morgan fingerprint density at radius 3 is 2.60 bits per heavy atom. The molecule has 88 valence electrons. The van der Waals surface area contributed by atoms with Gasteiger partial charge in [0.1, 0.15) is 0 Å². The highest BCUT2D eigenvalue weighted by atomic mass is 16.2. The van der Waals surface area contributed by atoms with E-state index >= 15 is 0 Å². The molecule has 0 aliphatic carbocycles. The molecule has 1 saturated heterocycles. The van der Waals surface area contributed by atoms with Crippen LogP contribution in [0.15, 0.2) is 0 Å². The van der Waals surface area contributed by atoms with Crippen molar-refractivity contribution in [3.05, 3.63) is 0 Å². The molecule has 0 saturated carbocycles. The van der Waals surface area contributed by atoms with Crippen molar-refractivity contribution >= 4 is 5.91 Å². The van der Waals surface area contributed by atoms with Crippen LogP contribution in [0.3, 0.4) is 0 Å². The Labute approximate surface area is 93.0 Å². The molecule has 1 heterocycles. The Kier molecular flexibility index (Phi) is 4.14. The third-order valence-corrected chi connectivity index (χ3v) is 3.20. The second kappa shape index (κ2) is 4.97. The Balaban J connectivity index is 2.47. The van der Waals surface area contributed by atoms with Gasteiger partial charge in [-0.1, -0.05) is 27.7 Å². The molecule has 0 bridgehead atoms. The van der Waals surface area contributed by atoms with Crippen molar-refractivity contribution in [1.82, 2.24) is 10.6 Å². The zero-order valence-corrected chi connectivity index (χ0v) is 10.4. The number of carbonyl (C=O) groups is 1. The molecular formula is C12H24N2O. The highest BCUT2D eigenvalue weighted by Gasteiger charge is 2.28. The van der Waals surface area contributed by atoms with E-state index in [0.717, 1.165) is 25.9 Å². The maximum Gasteiger partial charge on any atom is 0.224 e. The fourth-order valence-corrected chi connectivity index (χ4v) is 2.10. The van der Waals surface area contributed by atoms with Crippen molar-refractivity contribution < 1.29 is 4.79 Å². The van der Waals surface area contributed by atoms with E-state index in [9.17, 15) is 4.79 Å². The topological polar surface area (TPSA) is 41.1 Å². The van der Waals surface area contributed by atoms with Gasteiger partial charge in [-0.15, -0.1) is 0 Å². The SMILES string of the molecule is CCC(NC(=O)[C@@H]1CCNC1)C(C)(C)C. The van der Waals surface area contributed by atoms with Crippen LogP contribution in [0, 0.1) is 11.3 Å². The molecule has 3 nitrogen and oxygen atoms in total. The number of hydrogen-bond acceptors (Lipinski definition) is 2. The predicted molar refractivity (Wildman–Crippen MR) is 62.7 cm³/mol. The van der Waals surface area contributed by atoms with Gasteiger partial charge in [0, 0.05) is 12.6 Å². The van der Waals surface area contributed by atoms with Gasteiger partial charge in [-0.05, 0) is 24.8 Å². The quantitative estimate of drug-likeness (QED) is 0.745. The minimum absolute atomic E-state index is 0.149. The molecule has 1 fully saturated rings. The van der Waals surface area contributed by atoms with Crippen LogP contribution in [0.1, 0.15) is 40.5 Å². The van der Waals surface area contributed by atoms with E-state index in [1.54, 1.807) is 0 Å². The molecule has 1 aliphatic rings. The lowest BCUT2D eigenvalue weighted by molar-refractivity contribution is -0.125. The number of hydrogen-bond donors (Lipinski definition) is 2. The van der Waals surface area contributed by atoms with Crippen molar-refractivity contribution in [1.29, 1.82) is 0 Å². The summed E-state index contributed by atoms with van der Waals surface area (Å²) < 4.78 is 0. The van der Waals surface area contributed by atoms with Gasteiger partial charge < -0.3 is 10.6 Å². The van der Waals surface area contributed by atoms with Crippen LogP contribution in [0.5, 0.6) is 0 Å². The molecule has 2 atom stereocenters. The van der Waals surface area contributed by atoms with Crippen LogP contribution in [0.2, 0.25) is 0 Å². The van der Waals surface area contributed by atoms with Crippen molar-refractivity contribution in [2.45, 2.75) is 46.6 Å². The first-order valence-corrected chi connectivity index (χ1v) is 5.96. The second-order valence-electron chi connectivity index (χ2n) is 5.53. The second-order valence-corrected chi connectivity index (χ2v) is 5.53. The normalized spacial score (nSPS) is 23.9. The summed E-state index contributed by atoms with van der Waals surface area (Å²) in [7, 11) is 0. The lowest BCUT2D eigenvalue weighted by Gasteiger charge is -2.31. The van der Waals surface area contributed by atoms with Crippen LogP contribution in [-0.2, 0) is 4.79 Å². The highest BCUT2D eigenvalue weighted by Crippen LogP contribution is 2.22. The lowest BCUT2D eigenvalue weighted by atomic mass is 9.85. The zero-order chi connectivity index (χ0) is 11.5. The van der Waals surface area contributed by atoms with Crippen molar-refractivity contribution in [2.75, 3.05) is 13.1 Å². The zero-order valence-electron chi connectivity index (χ0n) is 10.4. The lowest BCUT2D eigenvalue weighted by Crippen LogP contribution is -2.46. The molecule has 2 N–H and O–H groups in total. The molecule has 1 aliphatic heterocycles. The third-order valence-electron chi connectivity index (χ3n) is 3.20. The number of carbonyl (C=O) groups excluding carboxylic acids is 1. The fraction of sp³-hybridized carbons (Fsp3) is 0.917. The summed E-state index contributed by atoms with van der Waals surface area (Å²) in [6.07, 6.45) is 1.97. The maximum absolute atomic E-state index is 11.9. The summed E-state index contributed by atoms with van der Waals surface area (Å²) in [5.41, 5.74) is 0.149. The largest absolute Gasteiger partial charge is 0.353 e. The Hall–Kier alpha value is -0.570. The van der Waals surface area contributed by atoms with Gasteiger partial charge in [-0.25, -0.2) is 0 Å². The van der Waals surface area contributed by atoms with E-state index in [4.69, 9.17) is 0 Å². The van der Waals surface area contributed by atoms with E-state index in [1.807, 2.05) is 0 Å². The van der Waals surface area contributed by atoms with Gasteiger partial charge in [-0.3, -0.25) is 4.79 Å². The fourth-order valence-electron chi connectivity index (χ4n) is 2.10. The van der Waals surface area contributed by atoms with Crippen molar-refractivity contribution in [2.24, 2.45) is 11.3 Å². The average molecular weight is 212 g/mol. The summed E-state index contributed by atoms with van der Waals surface area (Å²) >= 11 is 0. The molecule has 15 heavy (non-hydrogen) atoms. The molecule has 1 unspecified atom stereocenters. The summed E-state index contributed by atoms with van der Waals surface area (Å²) in [4.78, 5) is 11.9. The number of amides is 1. The summed E-state index contributed by atoms with van der Waals surface area (Å²) in [6, 6.07) is 0.283. The predicted octanol–water partition coefficient (Wildman–Crippen LogP) is 1.54. The first-order valence-electron chi connectivity index (χ1n) is 5.96. The Morgan fingerprint density at radius 2 is 2.20 bits per heavy atom. The smallest absolute Gasteiger partial charge is 0.224 e. The highest BCUT2D eigenvalue weighted by molar-refractivity contribution is 5.79. The minimum Gasteiger partial charge on any atom is -0.353 e. The molecule has 0 aromatic carbocycles. The van der Waals surface area contributed by atoms with Crippen LogP contribution in [0.4, 0.5) is 0 Å². The van der Waals surface area contributed by atoms with E-state index in [0.29, 0.717) is 0 Å². The van der Waals surface area contributed by atoms with Crippen LogP contribution >= 0.6 is 0 Å². The van der Waals surface area contributed by atoms with E-state index in [2.05, 4.69) is 38.3 Å². The summed E-state index contributed by atoms with van der Waals surface area (Å²) in [5, 5.41) is 6.39. The number of rotatable bonds is 3. The summed E-state index contributed by atoms with van der Waals surface area (Å²) in [5.74, 6) is 0.406. The standard InChI is InChI=1S/C12H24N2O/c1-5-10(12(2,3)4)14-11(15)9-6-7-13-8-9/h9-10,13H,5-8H2,1-4H3,(H,14,15)/t9-,10?/m1/s1. The average Bonchev–Trinajstić information content (AvgIpc) is 2.64. The third kappa shape index (κ3) is 3.49. The van der Waals surface area contributed by atoms with Gasteiger partial charge in [0.15, 0.2) is 0 Å². The molecular weight excluding hydrogens is 188 g/mol. The van der Waals surface area contributed by atoms with Crippen molar-refractivity contribution in [3.8, 4) is 0 Å². The van der Waals surface area contributed by atoms with Crippen LogP contribution in [0.25, 0.3) is 0 Å². The molecule has 0 spiro atoms. The molecule has 3 heteroatoms. The first kappa shape index (κ1) is 12.5. The molecule has 1 rings (SSSR count). The van der Waals surface area contributed by atoms with Gasteiger partial charge in [0.25, 0.3) is 0 Å². The van der Waals surface area contributed by atoms with E-state index < -0.39 is 0 Å². The van der Waals surface area contributed by atoms with E-state index in [-0.39, 0.29) is 23.3 Å². The van der Waals surface area contributed by atoms with Gasteiger partial charge in [0.2, 0.25) is 5.91 Å². The van der Waals surface area contributed by atoms with E-state index in [1.165, 1.54) is 0 Å². The molecule has 0 aromatic rings. The molecule has 1 amide bonds. The van der Waals surface area contributed by atoms with Crippen LogP contribution < -0.4 is 10.6 Å². The minimum atomic E-state index is 0.149. The Morgan fingerprint density at radius 1 is 1.53 bits per heavy atom. The maximum atomic E-state index is 11.9.